The summed E-state index contributed by atoms with van der Waals surface area (Å²) in [4.78, 5) is 2.76. The van der Waals surface area contributed by atoms with Crippen LogP contribution in [0.15, 0.2) is 0 Å². The van der Waals surface area contributed by atoms with Gasteiger partial charge in [0, 0.05) is 18.6 Å². The highest BCUT2D eigenvalue weighted by atomic mass is 15.2. The topological polar surface area (TPSA) is 29.3 Å². The largest absolute Gasteiger partial charge is 0.329 e. The molecule has 1 aliphatic heterocycles. The van der Waals surface area contributed by atoms with Crippen molar-refractivity contribution in [3.05, 3.63) is 0 Å². The number of nitrogens with zero attached hydrogens (tertiary/aromatic N) is 1. The Morgan fingerprint density at radius 2 is 1.82 bits per heavy atom. The molecule has 0 bridgehead atoms. The third-order valence-corrected chi connectivity index (χ3v) is 5.17. The molecule has 0 aromatic carbocycles. The van der Waals surface area contributed by atoms with E-state index in [0.29, 0.717) is 6.04 Å². The molecule has 1 heterocycles. The van der Waals surface area contributed by atoms with Gasteiger partial charge in [-0.25, -0.2) is 0 Å². The van der Waals surface area contributed by atoms with Crippen molar-refractivity contribution in [1.29, 1.82) is 0 Å². The lowest BCUT2D eigenvalue weighted by Crippen LogP contribution is -2.52. The van der Waals surface area contributed by atoms with Gasteiger partial charge in [-0.15, -0.1) is 0 Å². The smallest absolute Gasteiger partial charge is 0.0223 e. The second kappa shape index (κ2) is 6.19. The maximum Gasteiger partial charge on any atom is 0.0223 e. The molecule has 2 fully saturated rings. The molecule has 17 heavy (non-hydrogen) atoms. The molecule has 2 heteroatoms. The molecule has 2 nitrogen and oxygen atoms in total. The minimum atomic E-state index is 0.673. The fourth-order valence-electron chi connectivity index (χ4n) is 3.81. The van der Waals surface area contributed by atoms with Gasteiger partial charge in [0.2, 0.25) is 0 Å². The van der Waals surface area contributed by atoms with Crippen molar-refractivity contribution in [2.24, 2.45) is 17.6 Å². The maximum atomic E-state index is 6.00. The molecule has 1 aliphatic carbocycles. The first-order valence-corrected chi connectivity index (χ1v) is 7.70. The van der Waals surface area contributed by atoms with Gasteiger partial charge in [-0.05, 0) is 56.9 Å². The van der Waals surface area contributed by atoms with E-state index in [1.54, 1.807) is 0 Å². The van der Waals surface area contributed by atoms with Gasteiger partial charge >= 0.3 is 0 Å². The van der Waals surface area contributed by atoms with E-state index in [1.165, 1.54) is 51.5 Å². The van der Waals surface area contributed by atoms with Crippen LogP contribution in [0.3, 0.4) is 0 Å². The zero-order valence-electron chi connectivity index (χ0n) is 11.7. The van der Waals surface area contributed by atoms with Crippen molar-refractivity contribution in [1.82, 2.24) is 4.90 Å². The minimum absolute atomic E-state index is 0.673. The van der Waals surface area contributed by atoms with Crippen molar-refractivity contribution >= 4 is 0 Å². The first-order chi connectivity index (χ1) is 8.24. The van der Waals surface area contributed by atoms with Crippen LogP contribution < -0.4 is 5.73 Å². The normalized spacial score (nSPS) is 40.4. The van der Waals surface area contributed by atoms with Gasteiger partial charge in [0.1, 0.15) is 0 Å². The van der Waals surface area contributed by atoms with Gasteiger partial charge < -0.3 is 5.73 Å². The van der Waals surface area contributed by atoms with Crippen LogP contribution in [-0.2, 0) is 0 Å². The number of hydrogen-bond donors (Lipinski definition) is 1. The summed E-state index contributed by atoms with van der Waals surface area (Å²) in [5, 5.41) is 0. The molecule has 0 amide bonds. The number of hydrogen-bond acceptors (Lipinski definition) is 2. The Bertz CT molecular complexity index is 219. The van der Waals surface area contributed by atoms with Gasteiger partial charge in [-0.3, -0.25) is 4.90 Å². The molecule has 0 spiro atoms. The van der Waals surface area contributed by atoms with Crippen LogP contribution in [0.5, 0.6) is 0 Å². The molecule has 2 atom stereocenters. The van der Waals surface area contributed by atoms with Crippen LogP contribution in [0.2, 0.25) is 0 Å². The average molecular weight is 238 g/mol. The van der Waals surface area contributed by atoms with Crippen molar-refractivity contribution in [2.45, 2.75) is 70.9 Å². The van der Waals surface area contributed by atoms with E-state index >= 15 is 0 Å². The highest BCUT2D eigenvalue weighted by Crippen LogP contribution is 2.33. The van der Waals surface area contributed by atoms with Gasteiger partial charge in [-0.1, -0.05) is 20.3 Å². The molecule has 2 rings (SSSR count). The van der Waals surface area contributed by atoms with Crippen LogP contribution in [-0.4, -0.2) is 30.1 Å². The summed E-state index contributed by atoms with van der Waals surface area (Å²) >= 11 is 0. The Balaban J connectivity index is 1.90. The van der Waals surface area contributed by atoms with Crippen LogP contribution in [0.4, 0.5) is 0 Å². The van der Waals surface area contributed by atoms with Crippen molar-refractivity contribution in [2.75, 3.05) is 13.1 Å². The molecule has 0 aromatic heterocycles. The van der Waals surface area contributed by atoms with Gasteiger partial charge in [0.15, 0.2) is 0 Å². The highest BCUT2D eigenvalue weighted by Gasteiger charge is 2.32. The standard InChI is InChI=1S/C15H30N2/c1-3-13-8-9-17(15(10-13)11-16)14-6-4-12(2)5-7-14/h12-15H,3-11,16H2,1-2H3. The minimum Gasteiger partial charge on any atom is -0.329 e. The Labute approximate surface area is 107 Å². The predicted octanol–water partition coefficient (Wildman–Crippen LogP) is 3.01. The summed E-state index contributed by atoms with van der Waals surface area (Å²) in [6.45, 7) is 6.90. The SMILES string of the molecule is CCC1CCN(C2CCC(C)CC2)C(CN)C1. The predicted molar refractivity (Wildman–Crippen MR) is 74.0 cm³/mol. The van der Waals surface area contributed by atoms with E-state index in [2.05, 4.69) is 18.7 Å². The summed E-state index contributed by atoms with van der Waals surface area (Å²) < 4.78 is 0. The zero-order chi connectivity index (χ0) is 12.3. The lowest BCUT2D eigenvalue weighted by atomic mass is 9.82. The van der Waals surface area contributed by atoms with Gasteiger partial charge in [-0.2, -0.15) is 0 Å². The van der Waals surface area contributed by atoms with Crippen molar-refractivity contribution in [3.63, 3.8) is 0 Å². The number of likely N-dealkylation sites (tertiary alicyclic amines) is 1. The average Bonchev–Trinajstić information content (AvgIpc) is 2.39. The fraction of sp³-hybridized carbons (Fsp3) is 1.00. The Morgan fingerprint density at radius 3 is 2.41 bits per heavy atom. The van der Waals surface area contributed by atoms with Crippen LogP contribution in [0, 0.1) is 11.8 Å². The molecular weight excluding hydrogens is 208 g/mol. The molecule has 2 N–H and O–H groups in total. The number of nitrogens with two attached hydrogens (primary N) is 1. The second-order valence-electron chi connectivity index (χ2n) is 6.34. The van der Waals surface area contributed by atoms with E-state index in [4.69, 9.17) is 5.73 Å². The second-order valence-corrected chi connectivity index (χ2v) is 6.34. The van der Waals surface area contributed by atoms with Crippen LogP contribution >= 0.6 is 0 Å². The van der Waals surface area contributed by atoms with E-state index < -0.39 is 0 Å². The zero-order valence-corrected chi connectivity index (χ0v) is 11.7. The first-order valence-electron chi connectivity index (χ1n) is 7.70. The Morgan fingerprint density at radius 1 is 1.12 bits per heavy atom. The molecule has 0 radical (unpaired) electrons. The molecule has 2 aliphatic rings. The molecule has 1 saturated heterocycles. The van der Waals surface area contributed by atoms with Crippen molar-refractivity contribution < 1.29 is 0 Å². The Kier molecular flexibility index (Phi) is 4.87. The van der Waals surface area contributed by atoms with Crippen LogP contribution in [0.1, 0.15) is 58.8 Å². The van der Waals surface area contributed by atoms with Crippen LogP contribution in [0.25, 0.3) is 0 Å². The quantitative estimate of drug-likeness (QED) is 0.819. The summed E-state index contributed by atoms with van der Waals surface area (Å²) in [5.41, 5.74) is 6.00. The lowest BCUT2D eigenvalue weighted by molar-refractivity contribution is 0.0463. The molecule has 2 unspecified atom stereocenters. The number of rotatable bonds is 3. The molecule has 0 aromatic rings. The highest BCUT2D eigenvalue weighted by molar-refractivity contribution is 4.88. The monoisotopic (exact) mass is 238 g/mol. The van der Waals surface area contributed by atoms with Gasteiger partial charge in [0.25, 0.3) is 0 Å². The summed E-state index contributed by atoms with van der Waals surface area (Å²) in [6, 6.07) is 1.52. The fourth-order valence-corrected chi connectivity index (χ4v) is 3.81. The maximum absolute atomic E-state index is 6.00. The van der Waals surface area contributed by atoms with Gasteiger partial charge in [0.05, 0.1) is 0 Å². The summed E-state index contributed by atoms with van der Waals surface area (Å²) in [6.07, 6.45) is 9.76. The van der Waals surface area contributed by atoms with E-state index in [1.807, 2.05) is 0 Å². The summed E-state index contributed by atoms with van der Waals surface area (Å²) in [7, 11) is 0. The van der Waals surface area contributed by atoms with Crippen molar-refractivity contribution in [3.8, 4) is 0 Å². The lowest BCUT2D eigenvalue weighted by Gasteiger charge is -2.45. The van der Waals surface area contributed by atoms with E-state index in [0.717, 1.165) is 24.4 Å². The Hall–Kier alpha value is -0.0800. The summed E-state index contributed by atoms with van der Waals surface area (Å²) in [5.74, 6) is 1.89. The number of piperidine rings is 1. The first kappa shape index (κ1) is 13.4. The molecule has 1 saturated carbocycles. The third kappa shape index (κ3) is 3.23. The van der Waals surface area contributed by atoms with E-state index in [-0.39, 0.29) is 0 Å². The van der Waals surface area contributed by atoms with E-state index in [9.17, 15) is 0 Å². The molecule has 100 valence electrons. The third-order valence-electron chi connectivity index (χ3n) is 5.17. The molecular formula is C15H30N2.